The molecular weight excluding hydrogens is 401 g/mol. The van der Waals surface area contributed by atoms with Gasteiger partial charge in [-0.15, -0.1) is 0 Å². The van der Waals surface area contributed by atoms with E-state index in [0.29, 0.717) is 37.2 Å². The number of benzene rings is 1. The van der Waals surface area contributed by atoms with Gasteiger partial charge in [0, 0.05) is 43.1 Å². The van der Waals surface area contributed by atoms with Gasteiger partial charge in [0.2, 0.25) is 5.78 Å². The largest absolute Gasteiger partial charge is 0.373 e. The molecule has 2 unspecified atom stereocenters. The average molecular weight is 427 g/mol. The Morgan fingerprint density at radius 2 is 1.90 bits per heavy atom. The minimum absolute atomic E-state index is 0.140. The highest BCUT2D eigenvalue weighted by molar-refractivity contribution is 5.24. The first-order valence-electron chi connectivity index (χ1n) is 10.9. The van der Waals surface area contributed by atoms with Crippen LogP contribution in [0, 0.1) is 5.82 Å². The molecule has 164 valence electrons. The van der Waals surface area contributed by atoms with Crippen molar-refractivity contribution in [1.29, 1.82) is 0 Å². The highest BCUT2D eigenvalue weighted by Crippen LogP contribution is 2.37. The number of ether oxygens (including phenoxy) is 1. The Bertz CT molecular complexity index is 1170. The first-order chi connectivity index (χ1) is 15.1. The van der Waals surface area contributed by atoms with Crippen LogP contribution in [-0.4, -0.2) is 48.6 Å². The van der Waals surface area contributed by atoms with Gasteiger partial charge in [-0.25, -0.2) is 22.9 Å². The fraction of sp³-hybridized carbons (Fsp3) is 0.500. The maximum atomic E-state index is 13.8. The summed E-state index contributed by atoms with van der Waals surface area (Å²) in [6, 6.07) is 7.62. The molecule has 4 heterocycles. The molecule has 2 saturated heterocycles. The number of halogens is 1. The molecule has 2 bridgehead atoms. The van der Waals surface area contributed by atoms with Crippen molar-refractivity contribution in [2.45, 2.75) is 63.4 Å². The maximum absolute atomic E-state index is 13.8. The summed E-state index contributed by atoms with van der Waals surface area (Å²) in [5.74, 6) is 0.0446. The Balaban J connectivity index is 1.17. The third-order valence-corrected chi connectivity index (χ3v) is 6.61. The number of piperidine rings is 1. The van der Waals surface area contributed by atoms with E-state index in [0.717, 1.165) is 32.2 Å². The molecule has 1 aromatic carbocycles. The monoisotopic (exact) mass is 427 g/mol. The summed E-state index contributed by atoms with van der Waals surface area (Å²) >= 11 is 0. The molecular formula is C22H26FN5O3. The van der Waals surface area contributed by atoms with Gasteiger partial charge in [0.1, 0.15) is 5.82 Å². The van der Waals surface area contributed by atoms with Crippen molar-refractivity contribution in [2.75, 3.05) is 6.54 Å². The number of hydrogen-bond donors (Lipinski definition) is 1. The molecule has 8 nitrogen and oxygen atoms in total. The van der Waals surface area contributed by atoms with E-state index in [1.807, 2.05) is 6.07 Å². The zero-order valence-electron chi connectivity index (χ0n) is 17.2. The number of hydrogen-bond acceptors (Lipinski definition) is 5. The first-order valence-corrected chi connectivity index (χ1v) is 10.9. The molecule has 0 aliphatic carbocycles. The number of H-pyrrole nitrogens is 1. The van der Waals surface area contributed by atoms with E-state index in [4.69, 9.17) is 4.74 Å². The van der Waals surface area contributed by atoms with Crippen molar-refractivity contribution in [3.05, 3.63) is 69.0 Å². The van der Waals surface area contributed by atoms with Gasteiger partial charge in [0.05, 0.1) is 12.7 Å². The number of nitrogens with zero attached hydrogens (tertiary/aromatic N) is 4. The lowest BCUT2D eigenvalue weighted by Crippen LogP contribution is -2.46. The Hall–Kier alpha value is -2.78. The van der Waals surface area contributed by atoms with Crippen LogP contribution in [-0.2, 0) is 17.9 Å². The van der Waals surface area contributed by atoms with Gasteiger partial charge in [-0.3, -0.25) is 4.90 Å². The summed E-state index contributed by atoms with van der Waals surface area (Å²) in [7, 11) is 0. The Morgan fingerprint density at radius 3 is 2.68 bits per heavy atom. The Kier molecular flexibility index (Phi) is 5.45. The summed E-state index contributed by atoms with van der Waals surface area (Å²) in [6.07, 6.45) is 8.14. The van der Waals surface area contributed by atoms with E-state index in [1.165, 1.54) is 15.0 Å². The van der Waals surface area contributed by atoms with Crippen LogP contribution in [0.25, 0.3) is 5.78 Å². The van der Waals surface area contributed by atoms with Gasteiger partial charge < -0.3 is 9.72 Å². The lowest BCUT2D eigenvalue weighted by molar-refractivity contribution is -0.0293. The van der Waals surface area contributed by atoms with Gasteiger partial charge >= 0.3 is 11.4 Å². The van der Waals surface area contributed by atoms with Crippen LogP contribution in [0.3, 0.4) is 0 Å². The summed E-state index contributed by atoms with van der Waals surface area (Å²) in [5, 5.41) is 0. The molecule has 0 radical (unpaired) electrons. The smallest absolute Gasteiger partial charge is 0.354 e. The zero-order chi connectivity index (χ0) is 21.4. The number of imidazole rings is 1. The van der Waals surface area contributed by atoms with E-state index < -0.39 is 5.69 Å². The van der Waals surface area contributed by atoms with Crippen LogP contribution >= 0.6 is 0 Å². The van der Waals surface area contributed by atoms with Crippen LogP contribution in [0.5, 0.6) is 0 Å². The molecule has 1 N–H and O–H groups in total. The molecule has 2 aliphatic heterocycles. The summed E-state index contributed by atoms with van der Waals surface area (Å²) in [5.41, 5.74) is -0.280. The number of nitrogens with one attached hydrogen (secondary N) is 1. The second kappa shape index (κ2) is 8.39. The molecule has 3 aromatic rings. The standard InChI is InChI=1S/C22H26FN5O3/c23-19-5-2-1-4-15(19)14-31-18-12-16-6-7-17(13-18)26(16)9-3-10-28-21(29)25-20-24-8-11-27(20)22(28)30/h1-2,4-5,8,11,16-18H,3,6-7,9-10,12-14H2,(H,24,25,29). The van der Waals surface area contributed by atoms with Crippen molar-refractivity contribution in [3.8, 4) is 0 Å². The van der Waals surface area contributed by atoms with Gasteiger partial charge in [-0.1, -0.05) is 18.2 Å². The lowest BCUT2D eigenvalue weighted by atomic mass is 9.99. The van der Waals surface area contributed by atoms with Gasteiger partial charge in [0.25, 0.3) is 0 Å². The predicted octanol–water partition coefficient (Wildman–Crippen LogP) is 1.93. The molecule has 0 amide bonds. The second-order valence-electron chi connectivity index (χ2n) is 8.45. The van der Waals surface area contributed by atoms with Crippen LogP contribution in [0.15, 0.2) is 46.2 Å². The molecule has 9 heteroatoms. The van der Waals surface area contributed by atoms with Gasteiger partial charge in [-0.05, 0) is 38.2 Å². The number of aromatic nitrogens is 4. The average Bonchev–Trinajstić information content (AvgIpc) is 3.31. The van der Waals surface area contributed by atoms with E-state index in [9.17, 15) is 14.0 Å². The van der Waals surface area contributed by atoms with E-state index >= 15 is 0 Å². The molecule has 0 spiro atoms. The SMILES string of the molecule is O=c1nc2[nH]ccn2c(=O)n1CCCN1C2CCC1CC(OCc1ccccc1F)C2. The third kappa shape index (κ3) is 3.95. The van der Waals surface area contributed by atoms with Crippen LogP contribution in [0.4, 0.5) is 4.39 Å². The van der Waals surface area contributed by atoms with Gasteiger partial charge in [0.15, 0.2) is 0 Å². The fourth-order valence-corrected chi connectivity index (χ4v) is 5.08. The van der Waals surface area contributed by atoms with Crippen molar-refractivity contribution >= 4 is 5.78 Å². The number of fused-ring (bicyclic) bond motifs is 3. The van der Waals surface area contributed by atoms with Crippen molar-refractivity contribution in [1.82, 2.24) is 23.8 Å². The summed E-state index contributed by atoms with van der Waals surface area (Å²) < 4.78 is 22.4. The molecule has 2 atom stereocenters. The molecule has 0 saturated carbocycles. The topological polar surface area (TPSA) is 84.6 Å². The molecule has 31 heavy (non-hydrogen) atoms. The second-order valence-corrected chi connectivity index (χ2v) is 8.45. The number of rotatable bonds is 7. The third-order valence-electron chi connectivity index (χ3n) is 6.61. The first kappa shape index (κ1) is 20.1. The highest BCUT2D eigenvalue weighted by Gasteiger charge is 2.40. The highest BCUT2D eigenvalue weighted by atomic mass is 19.1. The molecule has 2 fully saturated rings. The van der Waals surface area contributed by atoms with Crippen molar-refractivity contribution in [2.24, 2.45) is 0 Å². The van der Waals surface area contributed by atoms with Crippen LogP contribution in [0.1, 0.15) is 37.7 Å². The predicted molar refractivity (Wildman–Crippen MR) is 112 cm³/mol. The van der Waals surface area contributed by atoms with Crippen molar-refractivity contribution in [3.63, 3.8) is 0 Å². The Morgan fingerprint density at radius 1 is 1.13 bits per heavy atom. The van der Waals surface area contributed by atoms with Crippen LogP contribution in [0.2, 0.25) is 0 Å². The molecule has 2 aromatic heterocycles. The van der Waals surface area contributed by atoms with E-state index in [-0.39, 0.29) is 23.4 Å². The fourth-order valence-electron chi connectivity index (χ4n) is 5.08. The quantitative estimate of drug-likeness (QED) is 0.623. The normalized spacial score (nSPS) is 23.6. The van der Waals surface area contributed by atoms with Gasteiger partial charge in [-0.2, -0.15) is 4.98 Å². The lowest BCUT2D eigenvalue weighted by Gasteiger charge is -2.38. The summed E-state index contributed by atoms with van der Waals surface area (Å²) in [4.78, 5) is 33.9. The van der Waals surface area contributed by atoms with Crippen LogP contribution < -0.4 is 11.4 Å². The minimum atomic E-state index is -0.518. The van der Waals surface area contributed by atoms with E-state index in [2.05, 4.69) is 14.9 Å². The number of aromatic amines is 1. The Labute approximate surface area is 178 Å². The van der Waals surface area contributed by atoms with E-state index in [1.54, 1.807) is 24.5 Å². The summed E-state index contributed by atoms with van der Waals surface area (Å²) in [6.45, 7) is 1.48. The zero-order valence-corrected chi connectivity index (χ0v) is 17.2. The molecule has 5 rings (SSSR count). The molecule has 2 aliphatic rings. The van der Waals surface area contributed by atoms with Crippen molar-refractivity contribution < 1.29 is 9.13 Å². The maximum Gasteiger partial charge on any atom is 0.354 e. The minimum Gasteiger partial charge on any atom is -0.373 e.